The van der Waals surface area contributed by atoms with E-state index in [0.29, 0.717) is 16.6 Å². The van der Waals surface area contributed by atoms with Gasteiger partial charge in [0, 0.05) is 11.1 Å². The minimum atomic E-state index is -1.30. The van der Waals surface area contributed by atoms with Crippen molar-refractivity contribution in [3.05, 3.63) is 44.6 Å². The summed E-state index contributed by atoms with van der Waals surface area (Å²) in [5.74, 6) is -2.06. The Morgan fingerprint density at radius 1 is 1.58 bits per heavy atom. The third-order valence-electron chi connectivity index (χ3n) is 2.54. The van der Waals surface area contributed by atoms with E-state index in [-0.39, 0.29) is 11.3 Å². The lowest BCUT2D eigenvalue weighted by atomic mass is 10.1. The van der Waals surface area contributed by atoms with E-state index in [1.54, 1.807) is 13.1 Å². The first-order chi connectivity index (χ1) is 8.99. The van der Waals surface area contributed by atoms with Gasteiger partial charge in [-0.15, -0.1) is 11.3 Å². The van der Waals surface area contributed by atoms with Crippen LogP contribution in [0.1, 0.15) is 20.8 Å². The third kappa shape index (κ3) is 3.02. The van der Waals surface area contributed by atoms with Crippen LogP contribution in [0.2, 0.25) is 4.47 Å². The summed E-state index contributed by atoms with van der Waals surface area (Å²) in [6, 6.07) is 2.68. The fourth-order valence-electron chi connectivity index (χ4n) is 1.66. The van der Waals surface area contributed by atoms with E-state index in [9.17, 15) is 9.18 Å². The molecular weight excluding hydrogens is 291 g/mol. The Hall–Kier alpha value is -1.66. The maximum atomic E-state index is 13.6. The van der Waals surface area contributed by atoms with Crippen molar-refractivity contribution >= 4 is 34.6 Å². The minimum absolute atomic E-state index is 0.275. The molecule has 19 heavy (non-hydrogen) atoms. The molecule has 0 saturated heterocycles. The number of aromatic nitrogens is 1. The molecule has 1 aromatic carbocycles. The molecule has 0 saturated carbocycles. The molecule has 0 atom stereocenters. The Labute approximate surface area is 117 Å². The molecule has 0 unspecified atom stereocenters. The van der Waals surface area contributed by atoms with Gasteiger partial charge in [-0.05, 0) is 18.6 Å². The van der Waals surface area contributed by atoms with E-state index in [1.165, 1.54) is 17.4 Å². The number of carboxylic acid groups (broad SMARTS) is 1. The summed E-state index contributed by atoms with van der Waals surface area (Å²) in [5, 5.41) is 12.0. The maximum Gasteiger partial charge on any atom is 0.340 e. The molecule has 1 heterocycles. The summed E-state index contributed by atoms with van der Waals surface area (Å²) >= 11 is 6.99. The minimum Gasteiger partial charge on any atom is -0.478 e. The topological polar surface area (TPSA) is 62.2 Å². The van der Waals surface area contributed by atoms with E-state index in [4.69, 9.17) is 16.7 Å². The predicted molar refractivity (Wildman–Crippen MR) is 72.5 cm³/mol. The van der Waals surface area contributed by atoms with Crippen molar-refractivity contribution < 1.29 is 14.3 Å². The van der Waals surface area contributed by atoms with Gasteiger partial charge in [-0.25, -0.2) is 14.2 Å². The zero-order valence-electron chi connectivity index (χ0n) is 9.91. The highest BCUT2D eigenvalue weighted by molar-refractivity contribution is 7.15. The van der Waals surface area contributed by atoms with Crippen LogP contribution in [0, 0.1) is 12.7 Å². The number of hydrogen-bond acceptors (Lipinski definition) is 4. The van der Waals surface area contributed by atoms with Crippen molar-refractivity contribution in [3.63, 3.8) is 0 Å². The number of benzene rings is 1. The highest BCUT2D eigenvalue weighted by atomic mass is 35.5. The summed E-state index contributed by atoms with van der Waals surface area (Å²) in [7, 11) is 0. The monoisotopic (exact) mass is 300 g/mol. The standard InChI is InChI=1S/C12H10ClFN2O2S/c1-6-2-3-8(14)9(11(17)18)10(6)15-4-7-5-16-12(13)19-7/h2-3,5,15H,4H2,1H3,(H,17,18). The fraction of sp³-hybridized carbons (Fsp3) is 0.167. The molecule has 1 aromatic heterocycles. The molecule has 2 N–H and O–H groups in total. The van der Waals surface area contributed by atoms with Crippen LogP contribution in [0.4, 0.5) is 10.1 Å². The number of aromatic carboxylic acids is 1. The van der Waals surface area contributed by atoms with Gasteiger partial charge in [0.15, 0.2) is 4.47 Å². The van der Waals surface area contributed by atoms with Crippen LogP contribution in [-0.4, -0.2) is 16.1 Å². The van der Waals surface area contributed by atoms with E-state index in [0.717, 1.165) is 10.9 Å². The van der Waals surface area contributed by atoms with Crippen molar-refractivity contribution in [2.75, 3.05) is 5.32 Å². The molecule has 0 aliphatic heterocycles. The lowest BCUT2D eigenvalue weighted by molar-refractivity contribution is 0.0693. The Morgan fingerprint density at radius 3 is 2.89 bits per heavy atom. The zero-order valence-corrected chi connectivity index (χ0v) is 11.5. The van der Waals surface area contributed by atoms with Crippen molar-refractivity contribution in [2.45, 2.75) is 13.5 Å². The van der Waals surface area contributed by atoms with Crippen molar-refractivity contribution in [1.29, 1.82) is 0 Å². The lowest BCUT2D eigenvalue weighted by Gasteiger charge is -2.12. The van der Waals surface area contributed by atoms with Crippen LogP contribution in [0.5, 0.6) is 0 Å². The molecule has 100 valence electrons. The molecule has 0 amide bonds. The Morgan fingerprint density at radius 2 is 2.32 bits per heavy atom. The van der Waals surface area contributed by atoms with Crippen LogP contribution in [0.3, 0.4) is 0 Å². The van der Waals surface area contributed by atoms with Gasteiger partial charge in [0.05, 0.1) is 12.2 Å². The molecule has 0 aliphatic carbocycles. The van der Waals surface area contributed by atoms with Gasteiger partial charge in [0.1, 0.15) is 11.4 Å². The fourth-order valence-corrected chi connectivity index (χ4v) is 2.58. The Kier molecular flexibility index (Phi) is 4.01. The zero-order chi connectivity index (χ0) is 14.0. The van der Waals surface area contributed by atoms with Gasteiger partial charge < -0.3 is 10.4 Å². The molecule has 0 fully saturated rings. The van der Waals surface area contributed by atoms with Crippen molar-refractivity contribution in [1.82, 2.24) is 4.98 Å². The molecule has 0 aliphatic rings. The van der Waals surface area contributed by atoms with Crippen molar-refractivity contribution in [3.8, 4) is 0 Å². The van der Waals surface area contributed by atoms with Crippen LogP contribution >= 0.6 is 22.9 Å². The molecule has 0 bridgehead atoms. The molecule has 0 spiro atoms. The van der Waals surface area contributed by atoms with Crippen LogP contribution in [-0.2, 0) is 6.54 Å². The van der Waals surface area contributed by atoms with Crippen LogP contribution in [0.25, 0.3) is 0 Å². The molecule has 2 rings (SSSR count). The van der Waals surface area contributed by atoms with Gasteiger partial charge in [0.2, 0.25) is 0 Å². The Bertz CT molecular complexity index is 630. The highest BCUT2D eigenvalue weighted by Gasteiger charge is 2.18. The van der Waals surface area contributed by atoms with E-state index in [2.05, 4.69) is 10.3 Å². The predicted octanol–water partition coefficient (Wildman–Crippen LogP) is 3.55. The number of hydrogen-bond donors (Lipinski definition) is 2. The number of carbonyl (C=O) groups is 1. The summed E-state index contributed by atoms with van der Waals surface area (Å²) in [6.07, 6.45) is 1.59. The second kappa shape index (κ2) is 5.54. The first-order valence-electron chi connectivity index (χ1n) is 5.35. The summed E-state index contributed by atoms with van der Waals surface area (Å²) in [4.78, 5) is 15.8. The van der Waals surface area contributed by atoms with Gasteiger partial charge >= 0.3 is 5.97 Å². The number of carboxylic acids is 1. The van der Waals surface area contributed by atoms with Gasteiger partial charge in [-0.2, -0.15) is 0 Å². The molecular formula is C12H10ClFN2O2S. The molecule has 4 nitrogen and oxygen atoms in total. The number of anilines is 1. The number of nitrogens with zero attached hydrogens (tertiary/aromatic N) is 1. The average molecular weight is 301 g/mol. The van der Waals surface area contributed by atoms with Crippen LogP contribution in [0.15, 0.2) is 18.3 Å². The second-order valence-corrected chi connectivity index (χ2v) is 5.55. The number of halogens is 2. The molecule has 2 aromatic rings. The summed E-state index contributed by atoms with van der Waals surface area (Å²) in [6.45, 7) is 2.06. The maximum absolute atomic E-state index is 13.6. The first kappa shape index (κ1) is 13.8. The quantitative estimate of drug-likeness (QED) is 0.906. The second-order valence-electron chi connectivity index (χ2n) is 3.85. The van der Waals surface area contributed by atoms with Gasteiger partial charge in [-0.1, -0.05) is 17.7 Å². The highest BCUT2D eigenvalue weighted by Crippen LogP contribution is 2.25. The first-order valence-corrected chi connectivity index (χ1v) is 6.55. The van der Waals surface area contributed by atoms with E-state index < -0.39 is 11.8 Å². The number of nitrogens with one attached hydrogen (secondary N) is 1. The van der Waals surface area contributed by atoms with E-state index in [1.807, 2.05) is 0 Å². The smallest absolute Gasteiger partial charge is 0.340 e. The SMILES string of the molecule is Cc1ccc(F)c(C(=O)O)c1NCc1cnc(Cl)s1. The van der Waals surface area contributed by atoms with Crippen molar-refractivity contribution in [2.24, 2.45) is 0 Å². The molecule has 0 radical (unpaired) electrons. The average Bonchev–Trinajstić information content (AvgIpc) is 2.75. The number of aryl methyl sites for hydroxylation is 1. The Balaban J connectivity index is 2.28. The summed E-state index contributed by atoms with van der Waals surface area (Å²) < 4.78 is 14.0. The molecule has 7 heteroatoms. The number of rotatable bonds is 4. The third-order valence-corrected chi connectivity index (χ3v) is 3.66. The van der Waals surface area contributed by atoms with Gasteiger partial charge in [-0.3, -0.25) is 0 Å². The lowest BCUT2D eigenvalue weighted by Crippen LogP contribution is -2.10. The van der Waals surface area contributed by atoms with E-state index >= 15 is 0 Å². The summed E-state index contributed by atoms with van der Waals surface area (Å²) in [5.41, 5.74) is 0.585. The number of thiazole rings is 1. The van der Waals surface area contributed by atoms with Crippen LogP contribution < -0.4 is 5.32 Å². The normalized spacial score (nSPS) is 10.5. The largest absolute Gasteiger partial charge is 0.478 e. The van der Waals surface area contributed by atoms with Gasteiger partial charge in [0.25, 0.3) is 0 Å².